The lowest BCUT2D eigenvalue weighted by Crippen LogP contribution is -2.43. The van der Waals surface area contributed by atoms with E-state index in [9.17, 15) is 14.7 Å². The molecule has 116 valence electrons. The van der Waals surface area contributed by atoms with Crippen molar-refractivity contribution in [3.63, 3.8) is 0 Å². The van der Waals surface area contributed by atoms with Crippen molar-refractivity contribution in [1.82, 2.24) is 15.2 Å². The van der Waals surface area contributed by atoms with E-state index < -0.39 is 11.4 Å². The summed E-state index contributed by atoms with van der Waals surface area (Å²) in [7, 11) is 0. The topological polar surface area (TPSA) is 82.5 Å². The van der Waals surface area contributed by atoms with Crippen LogP contribution in [0.3, 0.4) is 0 Å². The van der Waals surface area contributed by atoms with Gasteiger partial charge in [-0.25, -0.2) is 9.78 Å². The van der Waals surface area contributed by atoms with Crippen molar-refractivity contribution in [3.8, 4) is 0 Å². The summed E-state index contributed by atoms with van der Waals surface area (Å²) in [5.74, 6) is -0.822. The van der Waals surface area contributed by atoms with Crippen molar-refractivity contribution in [2.24, 2.45) is 11.3 Å². The number of rotatable bonds is 4. The minimum Gasteiger partial charge on any atom is -0.481 e. The maximum Gasteiger partial charge on any atom is 0.317 e. The van der Waals surface area contributed by atoms with E-state index >= 15 is 0 Å². The Labute approximate surface area is 128 Å². The number of aliphatic carboxylic acids is 1. The highest BCUT2D eigenvalue weighted by Gasteiger charge is 2.48. The first-order chi connectivity index (χ1) is 9.85. The number of likely N-dealkylation sites (tertiary alicyclic amines) is 1. The number of urea groups is 1. The van der Waals surface area contributed by atoms with Crippen molar-refractivity contribution >= 4 is 23.3 Å². The van der Waals surface area contributed by atoms with Gasteiger partial charge in [-0.05, 0) is 19.3 Å². The number of nitrogens with one attached hydrogen (secondary N) is 1. The molecule has 2 rings (SSSR count). The Morgan fingerprint density at radius 3 is 2.76 bits per heavy atom. The van der Waals surface area contributed by atoms with Crippen LogP contribution >= 0.6 is 11.3 Å². The quantitative estimate of drug-likeness (QED) is 0.892. The third kappa shape index (κ3) is 3.18. The first-order valence-corrected chi connectivity index (χ1v) is 7.90. The molecule has 1 aromatic rings. The Bertz CT molecular complexity index is 543. The standard InChI is InChI=1S/C14H21N3O3S/c1-9(2)14(12(18)19)4-5-17(8-14)13(20)15-6-11-16-10(3)7-21-11/h7,9H,4-6,8H2,1-3H3,(H,15,20)(H,18,19). The summed E-state index contributed by atoms with van der Waals surface area (Å²) in [4.78, 5) is 29.6. The second-order valence-corrected chi connectivity index (χ2v) is 6.77. The first kappa shape index (κ1) is 15.8. The summed E-state index contributed by atoms with van der Waals surface area (Å²) in [5, 5.41) is 15.1. The number of nitrogens with zero attached hydrogens (tertiary/aromatic N) is 2. The number of carbonyl (C=O) groups excluding carboxylic acids is 1. The van der Waals surface area contributed by atoms with Crippen LogP contribution in [0.25, 0.3) is 0 Å². The number of carboxylic acids is 1. The molecule has 0 saturated carbocycles. The monoisotopic (exact) mass is 311 g/mol. The Balaban J connectivity index is 1.94. The van der Waals surface area contributed by atoms with E-state index in [1.807, 2.05) is 26.2 Å². The molecule has 21 heavy (non-hydrogen) atoms. The van der Waals surface area contributed by atoms with Gasteiger partial charge in [0, 0.05) is 24.2 Å². The summed E-state index contributed by atoms with van der Waals surface area (Å²) in [6, 6.07) is -0.216. The maximum absolute atomic E-state index is 12.2. The van der Waals surface area contributed by atoms with Gasteiger partial charge in [-0.15, -0.1) is 11.3 Å². The Kier molecular flexibility index (Phi) is 4.51. The number of thiazole rings is 1. The fraction of sp³-hybridized carbons (Fsp3) is 0.643. The van der Waals surface area contributed by atoms with E-state index in [-0.39, 0.29) is 18.5 Å². The molecule has 6 nitrogen and oxygen atoms in total. The van der Waals surface area contributed by atoms with Gasteiger partial charge >= 0.3 is 12.0 Å². The van der Waals surface area contributed by atoms with E-state index in [4.69, 9.17) is 0 Å². The third-order valence-corrected chi connectivity index (χ3v) is 5.14. The molecule has 1 aliphatic rings. The fourth-order valence-corrected chi connectivity index (χ4v) is 3.36. The molecule has 0 radical (unpaired) electrons. The highest BCUT2D eigenvalue weighted by Crippen LogP contribution is 2.38. The largest absolute Gasteiger partial charge is 0.481 e. The molecule has 2 heterocycles. The van der Waals surface area contributed by atoms with Crippen LogP contribution in [0.1, 0.15) is 31.0 Å². The SMILES string of the molecule is Cc1csc(CNC(=O)N2CCC(C(=O)O)(C(C)C)C2)n1. The minimum absolute atomic E-state index is 0.00517. The van der Waals surface area contributed by atoms with Crippen molar-refractivity contribution in [2.45, 2.75) is 33.7 Å². The molecule has 2 amide bonds. The predicted molar refractivity (Wildman–Crippen MR) is 80.2 cm³/mol. The number of aryl methyl sites for hydroxylation is 1. The van der Waals surface area contributed by atoms with Crippen LogP contribution in [0, 0.1) is 18.3 Å². The van der Waals surface area contributed by atoms with E-state index in [1.54, 1.807) is 4.90 Å². The highest BCUT2D eigenvalue weighted by molar-refractivity contribution is 7.09. The van der Waals surface area contributed by atoms with Gasteiger partial charge in [0.15, 0.2) is 0 Å². The third-order valence-electron chi connectivity index (χ3n) is 4.18. The maximum atomic E-state index is 12.2. The van der Waals surface area contributed by atoms with Crippen LogP contribution in [-0.2, 0) is 11.3 Å². The Morgan fingerprint density at radius 1 is 1.57 bits per heavy atom. The van der Waals surface area contributed by atoms with Gasteiger partial charge < -0.3 is 15.3 Å². The van der Waals surface area contributed by atoms with Crippen molar-refractivity contribution < 1.29 is 14.7 Å². The summed E-state index contributed by atoms with van der Waals surface area (Å²) < 4.78 is 0. The van der Waals surface area contributed by atoms with Crippen LogP contribution in [0.5, 0.6) is 0 Å². The number of carboxylic acid groups (broad SMARTS) is 1. The van der Waals surface area contributed by atoms with Gasteiger partial charge in [-0.2, -0.15) is 0 Å². The van der Waals surface area contributed by atoms with E-state index in [0.717, 1.165) is 10.7 Å². The van der Waals surface area contributed by atoms with E-state index in [0.29, 0.717) is 19.5 Å². The van der Waals surface area contributed by atoms with Crippen LogP contribution in [0.2, 0.25) is 0 Å². The first-order valence-electron chi connectivity index (χ1n) is 7.02. The van der Waals surface area contributed by atoms with E-state index in [1.165, 1.54) is 11.3 Å². The average Bonchev–Trinajstić information content (AvgIpc) is 3.03. The van der Waals surface area contributed by atoms with Crippen molar-refractivity contribution in [1.29, 1.82) is 0 Å². The molecule has 2 N–H and O–H groups in total. The minimum atomic E-state index is -0.824. The molecular weight excluding hydrogens is 290 g/mol. The fourth-order valence-electron chi connectivity index (χ4n) is 2.65. The molecule has 1 fully saturated rings. The zero-order valence-electron chi connectivity index (χ0n) is 12.5. The average molecular weight is 311 g/mol. The van der Waals surface area contributed by atoms with Crippen LogP contribution in [-0.4, -0.2) is 40.1 Å². The molecule has 7 heteroatoms. The smallest absolute Gasteiger partial charge is 0.317 e. The Morgan fingerprint density at radius 2 is 2.29 bits per heavy atom. The van der Waals surface area contributed by atoms with Gasteiger partial charge in [-0.1, -0.05) is 13.8 Å². The lowest BCUT2D eigenvalue weighted by Gasteiger charge is -2.28. The molecule has 0 spiro atoms. The Hall–Kier alpha value is -1.63. The molecule has 1 aromatic heterocycles. The van der Waals surface area contributed by atoms with Gasteiger partial charge in [0.05, 0.1) is 12.0 Å². The predicted octanol–water partition coefficient (Wildman–Crippen LogP) is 2.09. The normalized spacial score (nSPS) is 21.8. The second-order valence-electron chi connectivity index (χ2n) is 5.83. The van der Waals surface area contributed by atoms with Crippen LogP contribution < -0.4 is 5.32 Å². The molecule has 0 bridgehead atoms. The summed E-state index contributed by atoms with van der Waals surface area (Å²) in [6.45, 7) is 6.83. The van der Waals surface area contributed by atoms with E-state index in [2.05, 4.69) is 10.3 Å². The molecular formula is C14H21N3O3S. The summed E-state index contributed by atoms with van der Waals surface area (Å²) in [5.41, 5.74) is 0.116. The van der Waals surface area contributed by atoms with Crippen molar-refractivity contribution in [2.75, 3.05) is 13.1 Å². The number of carbonyl (C=O) groups is 2. The lowest BCUT2D eigenvalue weighted by molar-refractivity contribution is -0.150. The van der Waals surface area contributed by atoms with Crippen molar-refractivity contribution in [3.05, 3.63) is 16.1 Å². The number of aromatic nitrogens is 1. The van der Waals surface area contributed by atoms with Gasteiger partial charge in [0.1, 0.15) is 5.01 Å². The zero-order valence-corrected chi connectivity index (χ0v) is 13.4. The highest BCUT2D eigenvalue weighted by atomic mass is 32.1. The molecule has 0 aromatic carbocycles. The molecule has 0 aliphatic carbocycles. The van der Waals surface area contributed by atoms with Crippen LogP contribution in [0.4, 0.5) is 4.79 Å². The molecule has 1 atom stereocenters. The summed E-state index contributed by atoms with van der Waals surface area (Å²) >= 11 is 1.51. The summed E-state index contributed by atoms with van der Waals surface area (Å²) in [6.07, 6.45) is 0.504. The van der Waals surface area contributed by atoms with Crippen LogP contribution in [0.15, 0.2) is 5.38 Å². The number of hydrogen-bond acceptors (Lipinski definition) is 4. The number of hydrogen-bond donors (Lipinski definition) is 2. The number of amides is 2. The lowest BCUT2D eigenvalue weighted by atomic mass is 9.76. The van der Waals surface area contributed by atoms with Gasteiger partial charge in [-0.3, -0.25) is 4.79 Å². The molecule has 1 aliphatic heterocycles. The van der Waals surface area contributed by atoms with Gasteiger partial charge in [0.2, 0.25) is 0 Å². The zero-order chi connectivity index (χ0) is 15.6. The second kappa shape index (κ2) is 6.01. The molecule has 1 unspecified atom stereocenters. The molecule has 1 saturated heterocycles. The van der Waals surface area contributed by atoms with Gasteiger partial charge in [0.25, 0.3) is 0 Å².